The van der Waals surface area contributed by atoms with Gasteiger partial charge in [0.15, 0.2) is 0 Å². The summed E-state index contributed by atoms with van der Waals surface area (Å²) in [5.41, 5.74) is 0.495. The number of hydrogen-bond acceptors (Lipinski definition) is 5. The van der Waals surface area contributed by atoms with Gasteiger partial charge in [-0.05, 0) is 19.1 Å². The van der Waals surface area contributed by atoms with Crippen LogP contribution >= 0.6 is 0 Å². The second kappa shape index (κ2) is 5.77. The van der Waals surface area contributed by atoms with Crippen LogP contribution in [0.15, 0.2) is 24.3 Å². The van der Waals surface area contributed by atoms with Gasteiger partial charge in [-0.25, -0.2) is 0 Å². The van der Waals surface area contributed by atoms with E-state index in [2.05, 4.69) is 4.18 Å². The van der Waals surface area contributed by atoms with Crippen molar-refractivity contribution in [2.45, 2.75) is 23.4 Å². The van der Waals surface area contributed by atoms with Gasteiger partial charge in [0, 0.05) is 0 Å². The summed E-state index contributed by atoms with van der Waals surface area (Å²) < 4.78 is 134. The molecule has 0 fully saturated rings. The van der Waals surface area contributed by atoms with E-state index in [1.807, 2.05) is 0 Å². The Bertz CT molecular complexity index is 816. The van der Waals surface area contributed by atoms with Gasteiger partial charge in [0.2, 0.25) is 0 Å². The molecular formula is C10H8F6O6S2. The summed E-state index contributed by atoms with van der Waals surface area (Å²) in [6.07, 6.45) is 0. The van der Waals surface area contributed by atoms with Gasteiger partial charge in [-0.1, -0.05) is 17.7 Å². The maximum absolute atomic E-state index is 13.5. The lowest BCUT2D eigenvalue weighted by atomic mass is 10.2. The lowest BCUT2D eigenvalue weighted by molar-refractivity contribution is -0.247. The van der Waals surface area contributed by atoms with Crippen LogP contribution in [0.3, 0.4) is 0 Å². The highest BCUT2D eigenvalue weighted by atomic mass is 32.2. The van der Waals surface area contributed by atoms with Crippen molar-refractivity contribution in [3.05, 3.63) is 29.8 Å². The molecule has 1 aromatic carbocycles. The van der Waals surface area contributed by atoms with Gasteiger partial charge in [-0.2, -0.15) is 43.2 Å². The number of rotatable bonds is 6. The third kappa shape index (κ3) is 3.17. The van der Waals surface area contributed by atoms with Crippen molar-refractivity contribution in [1.29, 1.82) is 0 Å². The molecule has 14 heteroatoms. The summed E-state index contributed by atoms with van der Waals surface area (Å²) in [5.74, 6) is -7.94. The lowest BCUT2D eigenvalue weighted by Gasteiger charge is -2.29. The zero-order valence-corrected chi connectivity index (χ0v) is 13.0. The maximum atomic E-state index is 13.5. The van der Waals surface area contributed by atoms with E-state index in [1.165, 1.54) is 6.92 Å². The summed E-state index contributed by atoms with van der Waals surface area (Å²) in [4.78, 5) is 0. The third-order valence-electron chi connectivity index (χ3n) is 2.60. The van der Waals surface area contributed by atoms with Crippen molar-refractivity contribution in [2.24, 2.45) is 0 Å². The van der Waals surface area contributed by atoms with Crippen molar-refractivity contribution in [3.63, 3.8) is 0 Å². The largest absolute Gasteiger partial charge is 0.450 e. The highest BCUT2D eigenvalue weighted by Gasteiger charge is 2.83. The third-order valence-corrected chi connectivity index (χ3v) is 4.80. The molecule has 0 aliphatic heterocycles. The minimum Gasteiger partial charge on any atom is -0.378 e. The Morgan fingerprint density at radius 1 is 0.875 bits per heavy atom. The second-order valence-electron chi connectivity index (χ2n) is 4.43. The molecule has 0 aromatic heterocycles. The molecule has 0 heterocycles. The topological polar surface area (TPSA) is 97.7 Å². The summed E-state index contributed by atoms with van der Waals surface area (Å²) in [6.45, 7) is 1.49. The minimum absolute atomic E-state index is 0.495. The van der Waals surface area contributed by atoms with Gasteiger partial charge in [0.05, 0.1) is 0 Å². The average Bonchev–Trinajstić information content (AvgIpc) is 2.39. The zero-order chi connectivity index (χ0) is 19.2. The molecule has 0 unspecified atom stereocenters. The van der Waals surface area contributed by atoms with E-state index in [1.54, 1.807) is 0 Å². The summed E-state index contributed by atoms with van der Waals surface area (Å²) in [6, 6.07) is 3.80. The van der Waals surface area contributed by atoms with Gasteiger partial charge in [-0.3, -0.25) is 4.55 Å². The Kier molecular flexibility index (Phi) is 4.93. The number of alkyl halides is 6. The standard InChI is InChI=1S/C10H8F6O6S2/c1-6-2-4-7(5-3-6)22-24(20,21)10(15,16)8(11,12)9(13,14)23(17,18)19/h2-5H,1H3,(H,17,18,19). The smallest absolute Gasteiger partial charge is 0.378 e. The fourth-order valence-electron chi connectivity index (χ4n) is 1.26. The molecule has 0 atom stereocenters. The van der Waals surface area contributed by atoms with Crippen LogP contribution in [-0.4, -0.2) is 37.8 Å². The van der Waals surface area contributed by atoms with Crippen LogP contribution in [0.25, 0.3) is 0 Å². The molecule has 0 aliphatic rings. The lowest BCUT2D eigenvalue weighted by Crippen LogP contribution is -2.61. The summed E-state index contributed by atoms with van der Waals surface area (Å²) in [7, 11) is -13.8. The fraction of sp³-hybridized carbons (Fsp3) is 0.400. The van der Waals surface area contributed by atoms with Crippen molar-refractivity contribution in [3.8, 4) is 5.75 Å². The van der Waals surface area contributed by atoms with Crippen LogP contribution in [0, 0.1) is 6.92 Å². The van der Waals surface area contributed by atoms with Gasteiger partial charge in [0.25, 0.3) is 0 Å². The molecule has 138 valence electrons. The predicted molar refractivity (Wildman–Crippen MR) is 67.1 cm³/mol. The van der Waals surface area contributed by atoms with Crippen LogP contribution in [0.1, 0.15) is 5.56 Å². The quantitative estimate of drug-likeness (QED) is 0.446. The number of halogens is 6. The van der Waals surface area contributed by atoms with Gasteiger partial charge < -0.3 is 4.18 Å². The van der Waals surface area contributed by atoms with Gasteiger partial charge in [-0.15, -0.1) is 0 Å². The van der Waals surface area contributed by atoms with E-state index < -0.39 is 42.4 Å². The zero-order valence-electron chi connectivity index (χ0n) is 11.4. The SMILES string of the molecule is Cc1ccc(OS(=O)(=O)C(F)(F)C(F)(F)C(F)(F)S(=O)(=O)O)cc1. The molecule has 0 spiro atoms. The highest BCUT2D eigenvalue weighted by molar-refractivity contribution is 7.88. The Morgan fingerprint density at radius 3 is 1.67 bits per heavy atom. The normalized spacial score (nSPS) is 14.5. The number of hydrogen-bond donors (Lipinski definition) is 1. The minimum atomic E-state index is -7.07. The van der Waals surface area contributed by atoms with E-state index in [9.17, 15) is 43.2 Å². The van der Waals surface area contributed by atoms with Gasteiger partial charge in [0.1, 0.15) is 5.75 Å². The predicted octanol–water partition coefficient (Wildman–Crippen LogP) is 2.41. The first kappa shape index (κ1) is 20.5. The second-order valence-corrected chi connectivity index (χ2v) is 7.48. The molecular weight excluding hydrogens is 394 g/mol. The summed E-state index contributed by atoms with van der Waals surface area (Å²) >= 11 is 0. The van der Waals surface area contributed by atoms with Crippen LogP contribution in [0.2, 0.25) is 0 Å². The molecule has 24 heavy (non-hydrogen) atoms. The van der Waals surface area contributed by atoms with Crippen molar-refractivity contribution in [2.75, 3.05) is 0 Å². The maximum Gasteiger partial charge on any atom is 0.450 e. The van der Waals surface area contributed by atoms with E-state index >= 15 is 0 Å². The number of aryl methyl sites for hydroxylation is 1. The van der Waals surface area contributed by atoms with Crippen molar-refractivity contribution < 1.29 is 51.9 Å². The Hall–Kier alpha value is -1.54. The summed E-state index contributed by atoms with van der Waals surface area (Å²) in [5, 5.41) is -13.5. The Morgan fingerprint density at radius 2 is 1.29 bits per heavy atom. The van der Waals surface area contributed by atoms with E-state index in [0.29, 0.717) is 5.56 Å². The van der Waals surface area contributed by atoms with Gasteiger partial charge >= 0.3 is 36.7 Å². The first-order chi connectivity index (χ1) is 10.5. The molecule has 0 saturated carbocycles. The van der Waals surface area contributed by atoms with E-state index in [0.717, 1.165) is 24.3 Å². The van der Waals surface area contributed by atoms with E-state index in [-0.39, 0.29) is 0 Å². The molecule has 1 rings (SSSR count). The first-order valence-corrected chi connectivity index (χ1v) is 8.43. The molecule has 0 amide bonds. The highest BCUT2D eigenvalue weighted by Crippen LogP contribution is 2.50. The molecule has 0 saturated heterocycles. The molecule has 0 bridgehead atoms. The first-order valence-electron chi connectivity index (χ1n) is 5.58. The molecule has 6 nitrogen and oxygen atoms in total. The van der Waals surface area contributed by atoms with Crippen molar-refractivity contribution in [1.82, 2.24) is 0 Å². The number of benzene rings is 1. The van der Waals surface area contributed by atoms with Crippen LogP contribution in [0.5, 0.6) is 5.75 Å². The molecule has 1 aromatic rings. The molecule has 0 radical (unpaired) electrons. The van der Waals surface area contributed by atoms with Crippen LogP contribution < -0.4 is 4.18 Å². The molecule has 1 N–H and O–H groups in total. The Balaban J connectivity index is 3.37. The molecule has 0 aliphatic carbocycles. The van der Waals surface area contributed by atoms with Crippen LogP contribution in [0.4, 0.5) is 26.3 Å². The average molecular weight is 402 g/mol. The van der Waals surface area contributed by atoms with E-state index in [4.69, 9.17) is 4.55 Å². The fourth-order valence-corrected chi connectivity index (χ4v) is 2.69. The monoisotopic (exact) mass is 402 g/mol. The van der Waals surface area contributed by atoms with Crippen LogP contribution in [-0.2, 0) is 20.2 Å². The Labute approximate surface area is 131 Å². The van der Waals surface area contributed by atoms with Crippen molar-refractivity contribution >= 4 is 20.2 Å².